The van der Waals surface area contributed by atoms with E-state index in [9.17, 15) is 4.79 Å². The first kappa shape index (κ1) is 25.2. The number of rotatable bonds is 9. The van der Waals surface area contributed by atoms with Gasteiger partial charge >= 0.3 is 6.09 Å². The molecule has 1 aliphatic rings. The summed E-state index contributed by atoms with van der Waals surface area (Å²) in [5.74, 6) is 1.23. The van der Waals surface area contributed by atoms with Gasteiger partial charge in [0.25, 0.3) is 0 Å². The fourth-order valence-electron chi connectivity index (χ4n) is 3.33. The molecule has 0 atom stereocenters. The average Bonchev–Trinajstić information content (AvgIpc) is 2.70. The smallest absolute Gasteiger partial charge is 0.410 e. The minimum Gasteiger partial charge on any atom is -0.444 e. The Morgan fingerprint density at radius 2 is 1.94 bits per heavy atom. The van der Waals surface area contributed by atoms with Crippen molar-refractivity contribution in [1.82, 2.24) is 19.9 Å². The van der Waals surface area contributed by atoms with Crippen LogP contribution in [0.1, 0.15) is 34.6 Å². The number of halogens is 1. The maximum absolute atomic E-state index is 12.4. The highest BCUT2D eigenvalue weighted by atomic mass is 35.5. The van der Waals surface area contributed by atoms with Crippen molar-refractivity contribution in [2.24, 2.45) is 0 Å². The molecule has 3 heterocycles. The Labute approximate surface area is 199 Å². The van der Waals surface area contributed by atoms with Gasteiger partial charge in [-0.3, -0.25) is 0 Å². The molecule has 0 bridgehead atoms. The minimum absolute atomic E-state index is 0.00275. The monoisotopic (exact) mass is 480 g/mol. The predicted molar refractivity (Wildman–Crippen MR) is 128 cm³/mol. The maximum Gasteiger partial charge on any atom is 0.410 e. The van der Waals surface area contributed by atoms with Crippen LogP contribution in [-0.4, -0.2) is 83.8 Å². The molecule has 1 saturated heterocycles. The Morgan fingerprint density at radius 1 is 1.27 bits per heavy atom. The number of nitrogens with zero attached hydrogens (tertiary/aromatic N) is 5. The minimum atomic E-state index is -0.541. The van der Waals surface area contributed by atoms with Gasteiger partial charge in [-0.15, -0.1) is 0 Å². The first-order chi connectivity index (χ1) is 15.6. The van der Waals surface area contributed by atoms with Crippen LogP contribution in [0.4, 0.5) is 16.4 Å². The first-order valence-electron chi connectivity index (χ1n) is 11.1. The lowest BCUT2D eigenvalue weighted by atomic mass is 10.1. The zero-order valence-corrected chi connectivity index (χ0v) is 20.8. The number of aromatic nitrogens is 3. The van der Waals surface area contributed by atoms with Crippen molar-refractivity contribution < 1.29 is 19.0 Å². The molecule has 182 valence electrons. The average molecular weight is 481 g/mol. The summed E-state index contributed by atoms with van der Waals surface area (Å²) in [5.41, 5.74) is 0.538. The Bertz CT molecular complexity index is 958. The number of nitrogens with one attached hydrogen (secondary N) is 1. The molecule has 33 heavy (non-hydrogen) atoms. The number of amides is 1. The van der Waals surface area contributed by atoms with E-state index in [1.54, 1.807) is 24.2 Å². The second kappa shape index (κ2) is 10.7. The number of hydrogen-bond acceptors (Lipinski definition) is 9. The number of carbonyl (C=O) groups excluding carboxylic acids is 1. The first-order valence-corrected chi connectivity index (χ1v) is 11.5. The van der Waals surface area contributed by atoms with Crippen molar-refractivity contribution in [2.75, 3.05) is 50.1 Å². The van der Waals surface area contributed by atoms with Crippen LogP contribution in [0.15, 0.2) is 12.3 Å². The molecule has 0 radical (unpaired) electrons. The summed E-state index contributed by atoms with van der Waals surface area (Å²) in [7, 11) is 1.75. The summed E-state index contributed by atoms with van der Waals surface area (Å²) in [6.07, 6.45) is 0.790. The van der Waals surface area contributed by atoms with Crippen molar-refractivity contribution in [3.63, 3.8) is 0 Å². The number of carbonyl (C=O) groups is 1. The van der Waals surface area contributed by atoms with Crippen LogP contribution in [0.25, 0.3) is 11.2 Å². The van der Waals surface area contributed by atoms with E-state index in [1.807, 2.05) is 39.5 Å². The second-order valence-corrected chi connectivity index (χ2v) is 9.20. The second-order valence-electron chi connectivity index (χ2n) is 8.76. The molecule has 1 N–H and O–H groups in total. The standard InChI is InChI=1S/C22H33ClN6O4/c1-7-31-17(32-8-2)11-25-19-20(27-18-16(26-19)9-14(23)10-24-18)29-12-15(13-29)28(6)21(30)33-22(3,4)5/h9-10,15,17H,7-8,11-13H2,1-6H3,(H,25,26). The Balaban J connectivity index is 1.78. The third kappa shape index (κ3) is 6.55. The zero-order valence-electron chi connectivity index (χ0n) is 20.1. The molecule has 0 spiro atoms. The SMILES string of the molecule is CCOC(CNc1nc2cc(Cl)cnc2nc1N1CC(N(C)C(=O)OC(C)(C)C)C1)OCC. The van der Waals surface area contributed by atoms with Crippen LogP contribution in [-0.2, 0) is 14.2 Å². The van der Waals surface area contributed by atoms with Gasteiger partial charge in [0.15, 0.2) is 23.6 Å². The Hall–Kier alpha value is -2.43. The van der Waals surface area contributed by atoms with E-state index in [0.717, 1.165) is 0 Å². The molecule has 1 aliphatic heterocycles. The molecule has 1 amide bonds. The van der Waals surface area contributed by atoms with Gasteiger partial charge in [0.2, 0.25) is 0 Å². The largest absolute Gasteiger partial charge is 0.444 e. The molecule has 1 fully saturated rings. The summed E-state index contributed by atoms with van der Waals surface area (Å²) in [4.78, 5) is 29.8. The Morgan fingerprint density at radius 3 is 2.55 bits per heavy atom. The van der Waals surface area contributed by atoms with E-state index >= 15 is 0 Å². The molecule has 11 heteroatoms. The van der Waals surface area contributed by atoms with E-state index in [0.29, 0.717) is 60.7 Å². The molecule has 0 aromatic carbocycles. The number of fused-ring (bicyclic) bond motifs is 1. The number of pyridine rings is 1. The van der Waals surface area contributed by atoms with Crippen LogP contribution in [0, 0.1) is 0 Å². The van der Waals surface area contributed by atoms with Gasteiger partial charge in [-0.2, -0.15) is 0 Å². The molecule has 10 nitrogen and oxygen atoms in total. The highest BCUT2D eigenvalue weighted by Crippen LogP contribution is 2.30. The quantitative estimate of drug-likeness (QED) is 0.539. The topological polar surface area (TPSA) is 102 Å². The summed E-state index contributed by atoms with van der Waals surface area (Å²) in [6.45, 7) is 12.1. The van der Waals surface area contributed by atoms with E-state index in [2.05, 4.69) is 10.3 Å². The molecular formula is C22H33ClN6O4. The van der Waals surface area contributed by atoms with Gasteiger partial charge < -0.3 is 29.3 Å². The van der Waals surface area contributed by atoms with Crippen LogP contribution < -0.4 is 10.2 Å². The highest BCUT2D eigenvalue weighted by Gasteiger charge is 2.36. The predicted octanol–water partition coefficient (Wildman–Crippen LogP) is 3.54. The lowest BCUT2D eigenvalue weighted by Gasteiger charge is -2.44. The van der Waals surface area contributed by atoms with Gasteiger partial charge in [-0.1, -0.05) is 11.6 Å². The maximum atomic E-state index is 12.4. The molecule has 0 saturated carbocycles. The number of ether oxygens (including phenoxy) is 3. The van der Waals surface area contributed by atoms with E-state index < -0.39 is 11.9 Å². The van der Waals surface area contributed by atoms with Crippen molar-refractivity contribution >= 4 is 40.5 Å². The van der Waals surface area contributed by atoms with Gasteiger partial charge in [0.1, 0.15) is 11.1 Å². The summed E-state index contributed by atoms with van der Waals surface area (Å²) in [5, 5.41) is 3.79. The van der Waals surface area contributed by atoms with Crippen LogP contribution in [0.5, 0.6) is 0 Å². The number of hydrogen-bond donors (Lipinski definition) is 1. The van der Waals surface area contributed by atoms with E-state index in [1.165, 1.54) is 0 Å². The fraction of sp³-hybridized carbons (Fsp3) is 0.636. The van der Waals surface area contributed by atoms with Gasteiger partial charge in [0.05, 0.1) is 17.6 Å². The molecule has 2 aromatic rings. The highest BCUT2D eigenvalue weighted by molar-refractivity contribution is 6.31. The van der Waals surface area contributed by atoms with Crippen molar-refractivity contribution in [3.8, 4) is 0 Å². The molecule has 3 rings (SSSR count). The third-order valence-electron chi connectivity index (χ3n) is 5.00. The summed E-state index contributed by atoms with van der Waals surface area (Å²) >= 11 is 6.10. The number of anilines is 2. The van der Waals surface area contributed by atoms with Gasteiger partial charge in [-0.05, 0) is 40.7 Å². The van der Waals surface area contributed by atoms with Crippen molar-refractivity contribution in [2.45, 2.75) is 52.6 Å². The molecular weight excluding hydrogens is 448 g/mol. The van der Waals surface area contributed by atoms with Gasteiger partial charge in [0, 0.05) is 39.5 Å². The van der Waals surface area contributed by atoms with E-state index in [4.69, 9.17) is 35.8 Å². The third-order valence-corrected chi connectivity index (χ3v) is 5.21. The zero-order chi connectivity index (χ0) is 24.2. The van der Waals surface area contributed by atoms with Crippen LogP contribution >= 0.6 is 11.6 Å². The lowest BCUT2D eigenvalue weighted by Crippen LogP contribution is -2.60. The fourth-order valence-corrected chi connectivity index (χ4v) is 3.48. The lowest BCUT2D eigenvalue weighted by molar-refractivity contribution is -0.126. The van der Waals surface area contributed by atoms with E-state index in [-0.39, 0.29) is 12.1 Å². The van der Waals surface area contributed by atoms with Gasteiger partial charge in [-0.25, -0.2) is 19.7 Å². The number of likely N-dealkylation sites (N-methyl/N-ethyl adjacent to an activating group) is 1. The van der Waals surface area contributed by atoms with Crippen LogP contribution in [0.3, 0.4) is 0 Å². The van der Waals surface area contributed by atoms with Crippen molar-refractivity contribution in [1.29, 1.82) is 0 Å². The molecule has 0 aliphatic carbocycles. The van der Waals surface area contributed by atoms with Crippen molar-refractivity contribution in [3.05, 3.63) is 17.3 Å². The molecule has 2 aromatic heterocycles. The Kier molecular flexibility index (Phi) is 8.14. The summed E-state index contributed by atoms with van der Waals surface area (Å²) < 4.78 is 16.7. The molecule has 0 unspecified atom stereocenters. The van der Waals surface area contributed by atoms with Crippen LogP contribution in [0.2, 0.25) is 5.02 Å². The summed E-state index contributed by atoms with van der Waals surface area (Å²) in [6, 6.07) is 1.73. The normalized spacial score (nSPS) is 14.5.